The van der Waals surface area contributed by atoms with Crippen molar-refractivity contribution in [2.45, 2.75) is 32.4 Å². The topological polar surface area (TPSA) is 46.3 Å². The molecule has 1 saturated carbocycles. The maximum absolute atomic E-state index is 12.8. The molecule has 21 heavy (non-hydrogen) atoms. The Morgan fingerprint density at radius 2 is 2.05 bits per heavy atom. The van der Waals surface area contributed by atoms with E-state index in [0.29, 0.717) is 19.0 Å². The molecule has 0 aliphatic heterocycles. The van der Waals surface area contributed by atoms with Gasteiger partial charge in [0.05, 0.1) is 5.56 Å². The highest BCUT2D eigenvalue weighted by atomic mass is 19.4. The molecule has 1 amide bonds. The zero-order chi connectivity index (χ0) is 15.6. The SMILES string of the molecule is CCN(CC1CCC1)C(=O)c1ccc(N)c(C(F)(F)F)c1. The number of hydrogen-bond acceptors (Lipinski definition) is 2. The lowest BCUT2D eigenvalue weighted by atomic mass is 9.85. The Labute approximate surface area is 121 Å². The molecule has 1 aromatic carbocycles. The Balaban J connectivity index is 2.21. The number of nitrogens with two attached hydrogens (primary N) is 1. The van der Waals surface area contributed by atoms with Gasteiger partial charge in [-0.3, -0.25) is 4.79 Å². The molecule has 0 saturated heterocycles. The predicted molar refractivity (Wildman–Crippen MR) is 74.8 cm³/mol. The molecule has 1 fully saturated rings. The summed E-state index contributed by atoms with van der Waals surface area (Å²) in [6.07, 6.45) is -1.22. The first-order valence-electron chi connectivity index (χ1n) is 7.09. The zero-order valence-electron chi connectivity index (χ0n) is 11.9. The Bertz CT molecular complexity index is 524. The Morgan fingerprint density at radius 3 is 2.52 bits per heavy atom. The lowest BCUT2D eigenvalue weighted by Crippen LogP contribution is -2.37. The van der Waals surface area contributed by atoms with Crippen molar-refractivity contribution in [3.63, 3.8) is 0 Å². The van der Waals surface area contributed by atoms with Gasteiger partial charge < -0.3 is 10.6 Å². The molecule has 6 heteroatoms. The second kappa shape index (κ2) is 5.95. The van der Waals surface area contributed by atoms with Crippen LogP contribution in [0.4, 0.5) is 18.9 Å². The molecule has 0 spiro atoms. The van der Waals surface area contributed by atoms with E-state index in [1.807, 2.05) is 6.92 Å². The summed E-state index contributed by atoms with van der Waals surface area (Å²) in [6.45, 7) is 2.93. The number of alkyl halides is 3. The fourth-order valence-electron chi connectivity index (χ4n) is 2.46. The second-order valence-corrected chi connectivity index (χ2v) is 5.44. The molecule has 0 heterocycles. The molecule has 0 atom stereocenters. The van der Waals surface area contributed by atoms with Crippen molar-refractivity contribution in [1.82, 2.24) is 4.90 Å². The van der Waals surface area contributed by atoms with Crippen molar-refractivity contribution in [3.8, 4) is 0 Å². The number of hydrogen-bond donors (Lipinski definition) is 1. The number of nitrogens with zero attached hydrogens (tertiary/aromatic N) is 1. The lowest BCUT2D eigenvalue weighted by molar-refractivity contribution is -0.136. The number of carbonyl (C=O) groups is 1. The summed E-state index contributed by atoms with van der Waals surface area (Å²) >= 11 is 0. The number of benzene rings is 1. The summed E-state index contributed by atoms with van der Waals surface area (Å²) in [5, 5.41) is 0. The van der Waals surface area contributed by atoms with Gasteiger partial charge in [0.15, 0.2) is 0 Å². The van der Waals surface area contributed by atoms with Gasteiger partial charge in [0.1, 0.15) is 0 Å². The quantitative estimate of drug-likeness (QED) is 0.864. The van der Waals surface area contributed by atoms with Gasteiger partial charge in [-0.25, -0.2) is 0 Å². The van der Waals surface area contributed by atoms with Gasteiger partial charge in [-0.15, -0.1) is 0 Å². The molecule has 3 nitrogen and oxygen atoms in total. The van der Waals surface area contributed by atoms with Crippen LogP contribution in [0.1, 0.15) is 42.1 Å². The molecule has 1 aromatic rings. The van der Waals surface area contributed by atoms with Gasteiger partial charge in [-0.1, -0.05) is 6.42 Å². The Hall–Kier alpha value is -1.72. The number of anilines is 1. The summed E-state index contributed by atoms with van der Waals surface area (Å²) < 4.78 is 38.5. The summed E-state index contributed by atoms with van der Waals surface area (Å²) in [6, 6.07) is 3.35. The number of nitrogen functional groups attached to an aromatic ring is 1. The molecule has 0 bridgehead atoms. The normalized spacial score (nSPS) is 15.6. The monoisotopic (exact) mass is 300 g/mol. The van der Waals surface area contributed by atoms with E-state index in [9.17, 15) is 18.0 Å². The maximum Gasteiger partial charge on any atom is 0.418 e. The van der Waals surface area contributed by atoms with Crippen molar-refractivity contribution in [1.29, 1.82) is 0 Å². The highest BCUT2D eigenvalue weighted by Crippen LogP contribution is 2.34. The Kier molecular flexibility index (Phi) is 4.44. The van der Waals surface area contributed by atoms with Gasteiger partial charge in [0, 0.05) is 24.3 Å². The van der Waals surface area contributed by atoms with Crippen LogP contribution < -0.4 is 5.73 Å². The highest BCUT2D eigenvalue weighted by molar-refractivity contribution is 5.95. The molecular formula is C15H19F3N2O. The number of carbonyl (C=O) groups excluding carboxylic acids is 1. The van der Waals surface area contributed by atoms with Gasteiger partial charge in [0.25, 0.3) is 5.91 Å². The molecule has 0 unspecified atom stereocenters. The van der Waals surface area contributed by atoms with Crippen LogP contribution in [0.2, 0.25) is 0 Å². The fourth-order valence-corrected chi connectivity index (χ4v) is 2.46. The fraction of sp³-hybridized carbons (Fsp3) is 0.533. The summed E-state index contributed by atoms with van der Waals surface area (Å²) in [5.41, 5.74) is 4.08. The Morgan fingerprint density at radius 1 is 1.38 bits per heavy atom. The number of halogens is 3. The molecular weight excluding hydrogens is 281 g/mol. The van der Waals surface area contributed by atoms with Crippen LogP contribution in [-0.2, 0) is 6.18 Å². The van der Waals surface area contributed by atoms with Gasteiger partial charge >= 0.3 is 6.18 Å². The minimum absolute atomic E-state index is 0.0395. The van der Waals surface area contributed by atoms with Gasteiger partial charge in [-0.05, 0) is 43.9 Å². The summed E-state index contributed by atoms with van der Waals surface area (Å²) in [4.78, 5) is 14.0. The van der Waals surface area contributed by atoms with Gasteiger partial charge in [0.2, 0.25) is 0 Å². The van der Waals surface area contributed by atoms with Crippen LogP contribution >= 0.6 is 0 Å². The standard InChI is InChI=1S/C15H19F3N2O/c1-2-20(9-10-4-3-5-10)14(21)11-6-7-13(19)12(8-11)15(16,17)18/h6-8,10H,2-5,9,19H2,1H3. The van der Waals surface area contributed by atoms with Crippen LogP contribution in [0.25, 0.3) is 0 Å². The second-order valence-electron chi connectivity index (χ2n) is 5.44. The van der Waals surface area contributed by atoms with E-state index in [1.54, 1.807) is 4.90 Å². The molecule has 0 aromatic heterocycles. The van der Waals surface area contributed by atoms with E-state index < -0.39 is 11.7 Å². The van der Waals surface area contributed by atoms with E-state index in [1.165, 1.54) is 6.07 Å². The lowest BCUT2D eigenvalue weighted by Gasteiger charge is -2.32. The van der Waals surface area contributed by atoms with Crippen LogP contribution in [-0.4, -0.2) is 23.9 Å². The van der Waals surface area contributed by atoms with Gasteiger partial charge in [-0.2, -0.15) is 13.2 Å². The molecule has 1 aliphatic carbocycles. The van der Waals surface area contributed by atoms with Crippen LogP contribution in [0, 0.1) is 5.92 Å². The third kappa shape index (κ3) is 3.49. The average Bonchev–Trinajstić information content (AvgIpc) is 2.36. The molecule has 2 N–H and O–H groups in total. The molecule has 0 radical (unpaired) electrons. The third-order valence-corrected chi connectivity index (χ3v) is 3.98. The zero-order valence-corrected chi connectivity index (χ0v) is 11.9. The first-order valence-corrected chi connectivity index (χ1v) is 7.09. The van der Waals surface area contributed by atoms with Crippen molar-refractivity contribution in [2.75, 3.05) is 18.8 Å². The summed E-state index contributed by atoms with van der Waals surface area (Å²) in [5.74, 6) is 0.111. The van der Waals surface area contributed by atoms with Crippen molar-refractivity contribution in [2.24, 2.45) is 5.92 Å². The van der Waals surface area contributed by atoms with Crippen molar-refractivity contribution in [3.05, 3.63) is 29.3 Å². The minimum Gasteiger partial charge on any atom is -0.398 e. The third-order valence-electron chi connectivity index (χ3n) is 3.98. The highest BCUT2D eigenvalue weighted by Gasteiger charge is 2.34. The maximum atomic E-state index is 12.8. The van der Waals surface area contributed by atoms with E-state index in [0.717, 1.165) is 31.4 Å². The van der Waals surface area contributed by atoms with Crippen LogP contribution in [0.3, 0.4) is 0 Å². The first kappa shape index (κ1) is 15.7. The van der Waals surface area contributed by atoms with Crippen molar-refractivity contribution >= 4 is 11.6 Å². The van der Waals surface area contributed by atoms with E-state index in [2.05, 4.69) is 0 Å². The van der Waals surface area contributed by atoms with E-state index in [4.69, 9.17) is 5.73 Å². The molecule has 116 valence electrons. The summed E-state index contributed by atoms with van der Waals surface area (Å²) in [7, 11) is 0. The van der Waals surface area contributed by atoms with Crippen molar-refractivity contribution < 1.29 is 18.0 Å². The number of rotatable bonds is 4. The van der Waals surface area contributed by atoms with E-state index in [-0.39, 0.29) is 17.2 Å². The first-order chi connectivity index (χ1) is 9.82. The predicted octanol–water partition coefficient (Wildman–Crippen LogP) is 3.55. The largest absolute Gasteiger partial charge is 0.418 e. The van der Waals surface area contributed by atoms with Crippen LogP contribution in [0.5, 0.6) is 0 Å². The smallest absolute Gasteiger partial charge is 0.398 e. The molecule has 1 aliphatic rings. The van der Waals surface area contributed by atoms with E-state index >= 15 is 0 Å². The minimum atomic E-state index is -4.55. The average molecular weight is 300 g/mol. The molecule has 2 rings (SSSR count). The van der Waals surface area contributed by atoms with Crippen LogP contribution in [0.15, 0.2) is 18.2 Å². The number of amides is 1.